The monoisotopic (exact) mass is 262 g/mol. The van der Waals surface area contributed by atoms with Gasteiger partial charge in [0.2, 0.25) is 6.39 Å². The van der Waals surface area contributed by atoms with Crippen LogP contribution in [0.1, 0.15) is 16.2 Å². The van der Waals surface area contributed by atoms with Crippen molar-refractivity contribution in [2.24, 2.45) is 0 Å². The van der Waals surface area contributed by atoms with E-state index >= 15 is 0 Å². The summed E-state index contributed by atoms with van der Waals surface area (Å²) in [6.07, 6.45) is 1.15. The van der Waals surface area contributed by atoms with Crippen LogP contribution in [-0.4, -0.2) is 27.2 Å². The molecular formula is C11H10N4O4. The number of para-hydroxylation sites is 1. The molecule has 0 radical (unpaired) electrons. The lowest BCUT2D eigenvalue weighted by Crippen LogP contribution is -2.29. The third-order valence-electron chi connectivity index (χ3n) is 2.22. The predicted molar refractivity (Wildman–Crippen MR) is 63.6 cm³/mol. The van der Waals surface area contributed by atoms with Crippen molar-refractivity contribution in [1.82, 2.24) is 15.5 Å². The maximum absolute atomic E-state index is 11.6. The molecule has 8 nitrogen and oxygen atoms in total. The predicted octanol–water partition coefficient (Wildman–Crippen LogP) is 1.09. The minimum atomic E-state index is -1.12. The van der Waals surface area contributed by atoms with E-state index in [-0.39, 0.29) is 17.8 Å². The van der Waals surface area contributed by atoms with Gasteiger partial charge in [0.25, 0.3) is 0 Å². The highest BCUT2D eigenvalue weighted by atomic mass is 16.5. The van der Waals surface area contributed by atoms with E-state index in [0.29, 0.717) is 5.82 Å². The molecule has 2 amide bonds. The molecular weight excluding hydrogens is 252 g/mol. The van der Waals surface area contributed by atoms with Crippen molar-refractivity contribution in [2.75, 3.05) is 5.32 Å². The highest BCUT2D eigenvalue weighted by Gasteiger charge is 2.11. The molecule has 0 saturated heterocycles. The van der Waals surface area contributed by atoms with Gasteiger partial charge in [0.1, 0.15) is 0 Å². The van der Waals surface area contributed by atoms with E-state index in [9.17, 15) is 9.59 Å². The van der Waals surface area contributed by atoms with Gasteiger partial charge in [-0.1, -0.05) is 17.3 Å². The number of carboxylic acids is 1. The number of rotatable bonds is 4. The molecule has 8 heteroatoms. The van der Waals surface area contributed by atoms with Crippen LogP contribution >= 0.6 is 0 Å². The minimum absolute atomic E-state index is 0.0113. The number of urea groups is 1. The highest BCUT2D eigenvalue weighted by molar-refractivity contribution is 5.99. The lowest BCUT2D eigenvalue weighted by atomic mass is 10.2. The molecule has 0 atom stereocenters. The van der Waals surface area contributed by atoms with Crippen molar-refractivity contribution in [3.8, 4) is 0 Å². The van der Waals surface area contributed by atoms with E-state index < -0.39 is 12.0 Å². The molecule has 1 aromatic heterocycles. The van der Waals surface area contributed by atoms with Gasteiger partial charge in [-0.3, -0.25) is 0 Å². The van der Waals surface area contributed by atoms with Crippen LogP contribution in [0.4, 0.5) is 10.5 Å². The Kier molecular flexibility index (Phi) is 3.72. The van der Waals surface area contributed by atoms with E-state index in [1.165, 1.54) is 12.1 Å². The van der Waals surface area contributed by atoms with E-state index in [1.807, 2.05) is 0 Å². The molecule has 0 bridgehead atoms. The summed E-state index contributed by atoms with van der Waals surface area (Å²) >= 11 is 0. The maximum atomic E-state index is 11.6. The van der Waals surface area contributed by atoms with Gasteiger partial charge in [0.05, 0.1) is 17.8 Å². The standard InChI is InChI=1S/C11H10N4O4/c16-10(17)7-3-1-2-4-8(7)14-11(18)12-5-9-13-6-19-15-9/h1-4,6H,5H2,(H,16,17)(H2,12,14,18). The van der Waals surface area contributed by atoms with Gasteiger partial charge in [-0.05, 0) is 12.1 Å². The van der Waals surface area contributed by atoms with Crippen LogP contribution in [0, 0.1) is 0 Å². The molecule has 0 aliphatic heterocycles. The Morgan fingerprint density at radius 3 is 2.79 bits per heavy atom. The van der Waals surface area contributed by atoms with Crippen molar-refractivity contribution < 1.29 is 19.2 Å². The third kappa shape index (κ3) is 3.28. The molecule has 0 fully saturated rings. The van der Waals surface area contributed by atoms with Gasteiger partial charge < -0.3 is 20.3 Å². The quantitative estimate of drug-likeness (QED) is 0.759. The molecule has 2 rings (SSSR count). The zero-order valence-corrected chi connectivity index (χ0v) is 9.66. The van der Waals surface area contributed by atoms with E-state index in [1.54, 1.807) is 12.1 Å². The van der Waals surface area contributed by atoms with Crippen molar-refractivity contribution in [3.63, 3.8) is 0 Å². The Morgan fingerprint density at radius 1 is 1.32 bits per heavy atom. The van der Waals surface area contributed by atoms with Gasteiger partial charge in [-0.15, -0.1) is 0 Å². The first-order chi connectivity index (χ1) is 9.16. The van der Waals surface area contributed by atoms with Gasteiger partial charge in [-0.25, -0.2) is 9.59 Å². The number of carbonyl (C=O) groups excluding carboxylic acids is 1. The zero-order chi connectivity index (χ0) is 13.7. The Morgan fingerprint density at radius 2 is 2.11 bits per heavy atom. The normalized spacial score (nSPS) is 9.89. The highest BCUT2D eigenvalue weighted by Crippen LogP contribution is 2.14. The SMILES string of the molecule is O=C(NCc1ncon1)Nc1ccccc1C(=O)O. The van der Waals surface area contributed by atoms with E-state index in [0.717, 1.165) is 6.39 Å². The van der Waals surface area contributed by atoms with Gasteiger partial charge in [-0.2, -0.15) is 4.98 Å². The van der Waals surface area contributed by atoms with Crippen LogP contribution in [-0.2, 0) is 6.54 Å². The number of benzene rings is 1. The third-order valence-corrected chi connectivity index (χ3v) is 2.22. The average molecular weight is 262 g/mol. The summed E-state index contributed by atoms with van der Waals surface area (Å²) in [7, 11) is 0. The lowest BCUT2D eigenvalue weighted by molar-refractivity contribution is 0.0698. The Bertz CT molecular complexity index is 582. The molecule has 0 spiro atoms. The first-order valence-electron chi connectivity index (χ1n) is 5.29. The van der Waals surface area contributed by atoms with E-state index in [2.05, 4.69) is 25.3 Å². The zero-order valence-electron chi connectivity index (χ0n) is 9.66. The number of hydrogen-bond acceptors (Lipinski definition) is 5. The fourth-order valence-electron chi connectivity index (χ4n) is 1.37. The van der Waals surface area contributed by atoms with Crippen molar-refractivity contribution in [1.29, 1.82) is 0 Å². The van der Waals surface area contributed by atoms with Gasteiger partial charge >= 0.3 is 12.0 Å². The Labute approximate surface area is 107 Å². The van der Waals surface area contributed by atoms with E-state index in [4.69, 9.17) is 5.11 Å². The first kappa shape index (κ1) is 12.6. The van der Waals surface area contributed by atoms with Crippen LogP contribution in [0.5, 0.6) is 0 Å². The van der Waals surface area contributed by atoms with Gasteiger partial charge in [0.15, 0.2) is 5.82 Å². The molecule has 2 aromatic rings. The summed E-state index contributed by atoms with van der Waals surface area (Å²) < 4.78 is 4.51. The fraction of sp³-hybridized carbons (Fsp3) is 0.0909. The number of hydrogen-bond donors (Lipinski definition) is 3. The number of aromatic carboxylic acids is 1. The summed E-state index contributed by atoms with van der Waals surface area (Å²) in [4.78, 5) is 26.3. The summed E-state index contributed by atoms with van der Waals surface area (Å²) in [6, 6.07) is 5.54. The Balaban J connectivity index is 1.97. The minimum Gasteiger partial charge on any atom is -0.478 e. The number of nitrogens with zero attached hydrogens (tertiary/aromatic N) is 2. The van der Waals surface area contributed by atoms with Crippen molar-refractivity contribution in [3.05, 3.63) is 42.0 Å². The second kappa shape index (κ2) is 5.63. The number of aromatic nitrogens is 2. The van der Waals surface area contributed by atoms with Crippen molar-refractivity contribution in [2.45, 2.75) is 6.54 Å². The first-order valence-corrected chi connectivity index (χ1v) is 5.29. The summed E-state index contributed by atoms with van der Waals surface area (Å²) in [5.74, 6) is -0.796. The molecule has 1 heterocycles. The molecule has 0 aliphatic carbocycles. The molecule has 0 saturated carbocycles. The molecule has 1 aromatic carbocycles. The number of anilines is 1. The summed E-state index contributed by atoms with van der Waals surface area (Å²) in [5.41, 5.74) is 0.220. The van der Waals surface area contributed by atoms with Crippen LogP contribution < -0.4 is 10.6 Å². The van der Waals surface area contributed by atoms with Crippen LogP contribution in [0.2, 0.25) is 0 Å². The number of nitrogens with one attached hydrogen (secondary N) is 2. The van der Waals surface area contributed by atoms with Crippen LogP contribution in [0.15, 0.2) is 35.2 Å². The molecule has 98 valence electrons. The van der Waals surface area contributed by atoms with Crippen LogP contribution in [0.25, 0.3) is 0 Å². The molecule has 0 unspecified atom stereocenters. The molecule has 0 aliphatic rings. The smallest absolute Gasteiger partial charge is 0.337 e. The second-order valence-corrected chi connectivity index (χ2v) is 3.51. The molecule has 3 N–H and O–H groups in total. The molecule has 19 heavy (non-hydrogen) atoms. The largest absolute Gasteiger partial charge is 0.478 e. The van der Waals surface area contributed by atoms with Crippen LogP contribution in [0.3, 0.4) is 0 Å². The summed E-state index contributed by atoms with van der Waals surface area (Å²) in [6.45, 7) is 0.0809. The topological polar surface area (TPSA) is 117 Å². The van der Waals surface area contributed by atoms with Gasteiger partial charge in [0, 0.05) is 0 Å². The maximum Gasteiger partial charge on any atom is 0.337 e. The number of carbonyl (C=O) groups is 2. The average Bonchev–Trinajstić information content (AvgIpc) is 2.90. The lowest BCUT2D eigenvalue weighted by Gasteiger charge is -2.08. The summed E-state index contributed by atoms with van der Waals surface area (Å²) in [5, 5.41) is 17.4. The second-order valence-electron chi connectivity index (χ2n) is 3.51. The number of amides is 2. The Hall–Kier alpha value is -2.90. The number of carboxylic acid groups (broad SMARTS) is 1. The fourth-order valence-corrected chi connectivity index (χ4v) is 1.37. The van der Waals surface area contributed by atoms with Crippen molar-refractivity contribution >= 4 is 17.7 Å².